The van der Waals surface area contributed by atoms with Gasteiger partial charge in [0.15, 0.2) is 11.5 Å². The van der Waals surface area contributed by atoms with Gasteiger partial charge in [0.25, 0.3) is 11.1 Å². The summed E-state index contributed by atoms with van der Waals surface area (Å²) in [5, 5.41) is 2.17. The number of halogens is 2. The van der Waals surface area contributed by atoms with E-state index in [4.69, 9.17) is 25.8 Å². The Hall–Kier alpha value is -3.80. The lowest BCUT2D eigenvalue weighted by Gasteiger charge is -2.14. The molecule has 1 fully saturated rings. The van der Waals surface area contributed by atoms with Gasteiger partial charge < -0.3 is 19.5 Å². The van der Waals surface area contributed by atoms with Crippen LogP contribution in [-0.2, 0) is 20.9 Å². The summed E-state index contributed by atoms with van der Waals surface area (Å²) in [7, 11) is 1.51. The quantitative estimate of drug-likeness (QED) is 0.172. The molecular weight excluding hydrogens is 648 g/mol. The van der Waals surface area contributed by atoms with E-state index in [9.17, 15) is 19.2 Å². The maximum absolute atomic E-state index is 13.1. The van der Waals surface area contributed by atoms with Gasteiger partial charge in [0.05, 0.1) is 33.7 Å². The number of esters is 1. The molecule has 0 aromatic heterocycles. The standard InChI is InChI=1S/C30H26BrClN2O7S/c1-3-11-40-29(37)21-15-20(9-10-23(21)32)33-26(35)16-34-28(36)25(42-30(34)38)14-19-12-22(31)27(24(13-19)39-2)41-17-18-7-5-4-6-8-18/h4-10,12-15H,3,11,16-17H2,1-2H3,(H,33,35)/b25-14+. The van der Waals surface area contributed by atoms with E-state index in [1.807, 2.05) is 37.3 Å². The van der Waals surface area contributed by atoms with E-state index >= 15 is 0 Å². The second kappa shape index (κ2) is 14.4. The molecule has 9 nitrogen and oxygen atoms in total. The minimum atomic E-state index is -0.627. The number of methoxy groups -OCH3 is 1. The van der Waals surface area contributed by atoms with Crippen molar-refractivity contribution in [2.45, 2.75) is 20.0 Å². The molecule has 4 rings (SSSR count). The van der Waals surface area contributed by atoms with Crippen LogP contribution in [0, 0.1) is 0 Å². The van der Waals surface area contributed by atoms with Crippen molar-refractivity contribution in [3.63, 3.8) is 0 Å². The Labute approximate surface area is 260 Å². The van der Waals surface area contributed by atoms with Gasteiger partial charge in [0, 0.05) is 5.69 Å². The Balaban J connectivity index is 1.44. The van der Waals surface area contributed by atoms with Crippen molar-refractivity contribution in [2.75, 3.05) is 25.6 Å². The Morgan fingerprint density at radius 2 is 1.86 bits per heavy atom. The number of rotatable bonds is 11. The topological polar surface area (TPSA) is 111 Å². The number of anilines is 1. The number of imide groups is 1. The van der Waals surface area contributed by atoms with E-state index in [1.165, 1.54) is 25.3 Å². The zero-order valence-electron chi connectivity index (χ0n) is 22.6. The predicted octanol–water partition coefficient (Wildman–Crippen LogP) is 6.93. The third kappa shape index (κ3) is 7.72. The number of amides is 3. The van der Waals surface area contributed by atoms with Crippen LogP contribution in [0.2, 0.25) is 5.02 Å². The van der Waals surface area contributed by atoms with Crippen LogP contribution in [0.3, 0.4) is 0 Å². The molecule has 42 heavy (non-hydrogen) atoms. The van der Waals surface area contributed by atoms with Crippen molar-refractivity contribution < 1.29 is 33.4 Å². The van der Waals surface area contributed by atoms with Crippen molar-refractivity contribution in [3.05, 3.63) is 91.8 Å². The Bertz CT molecular complexity index is 1550. The van der Waals surface area contributed by atoms with E-state index in [0.29, 0.717) is 34.6 Å². The van der Waals surface area contributed by atoms with Gasteiger partial charge in [-0.25, -0.2) is 4.79 Å². The fraction of sp³-hybridized carbons (Fsp3) is 0.200. The number of benzene rings is 3. The molecule has 218 valence electrons. The predicted molar refractivity (Wildman–Crippen MR) is 165 cm³/mol. The van der Waals surface area contributed by atoms with E-state index in [-0.39, 0.29) is 27.8 Å². The second-order valence-electron chi connectivity index (χ2n) is 8.95. The largest absolute Gasteiger partial charge is 0.493 e. The highest BCUT2D eigenvalue weighted by molar-refractivity contribution is 9.10. The molecule has 0 radical (unpaired) electrons. The minimum Gasteiger partial charge on any atom is -0.493 e. The van der Waals surface area contributed by atoms with Crippen molar-refractivity contribution in [1.29, 1.82) is 0 Å². The molecule has 12 heteroatoms. The minimum absolute atomic E-state index is 0.0927. The summed E-state index contributed by atoms with van der Waals surface area (Å²) >= 11 is 10.3. The first-order chi connectivity index (χ1) is 20.2. The molecule has 1 aliphatic rings. The van der Waals surface area contributed by atoms with E-state index in [0.717, 1.165) is 22.2 Å². The molecule has 1 heterocycles. The SMILES string of the molecule is CCCOC(=O)c1cc(NC(=O)CN2C(=O)S/C(=C/c3cc(Br)c(OCc4ccccc4)c(OC)c3)C2=O)ccc1Cl. The zero-order valence-corrected chi connectivity index (χ0v) is 25.8. The molecule has 1 saturated heterocycles. The Morgan fingerprint density at radius 1 is 1.10 bits per heavy atom. The average Bonchev–Trinajstić information content (AvgIpc) is 3.23. The summed E-state index contributed by atoms with van der Waals surface area (Å²) in [5.74, 6) is -0.927. The molecule has 1 aliphatic heterocycles. The number of hydrogen-bond acceptors (Lipinski definition) is 8. The lowest BCUT2D eigenvalue weighted by Crippen LogP contribution is -2.36. The van der Waals surface area contributed by atoms with Gasteiger partial charge in [0.1, 0.15) is 13.2 Å². The van der Waals surface area contributed by atoms with Crippen LogP contribution >= 0.6 is 39.3 Å². The Morgan fingerprint density at radius 3 is 2.57 bits per heavy atom. The maximum Gasteiger partial charge on any atom is 0.339 e. The highest BCUT2D eigenvalue weighted by atomic mass is 79.9. The number of carbonyl (C=O) groups is 4. The van der Waals surface area contributed by atoms with Gasteiger partial charge in [0.2, 0.25) is 5.91 Å². The van der Waals surface area contributed by atoms with E-state index < -0.39 is 29.6 Å². The van der Waals surface area contributed by atoms with Gasteiger partial charge in [-0.3, -0.25) is 19.3 Å². The number of thioether (sulfide) groups is 1. The summed E-state index contributed by atoms with van der Waals surface area (Å²) in [6.07, 6.45) is 2.19. The molecule has 0 bridgehead atoms. The molecule has 3 aromatic rings. The first-order valence-corrected chi connectivity index (χ1v) is 14.7. The molecular formula is C30H26BrClN2O7S. The molecule has 0 spiro atoms. The van der Waals surface area contributed by atoms with Crippen LogP contribution in [0.25, 0.3) is 6.08 Å². The first kappa shape index (κ1) is 31.1. The fourth-order valence-corrected chi connectivity index (χ4v) is 5.46. The van der Waals surface area contributed by atoms with Crippen molar-refractivity contribution >= 4 is 74.1 Å². The summed E-state index contributed by atoms with van der Waals surface area (Å²) in [6.45, 7) is 1.91. The molecule has 0 unspecified atom stereocenters. The lowest BCUT2D eigenvalue weighted by molar-refractivity contribution is -0.127. The molecule has 1 N–H and O–H groups in total. The van der Waals surface area contributed by atoms with Crippen molar-refractivity contribution in [2.24, 2.45) is 0 Å². The highest BCUT2D eigenvalue weighted by Gasteiger charge is 2.36. The molecule has 3 aromatic carbocycles. The average molecular weight is 674 g/mol. The molecule has 0 atom stereocenters. The number of ether oxygens (including phenoxy) is 3. The van der Waals surface area contributed by atoms with Gasteiger partial charge in [-0.05, 0) is 81.6 Å². The fourth-order valence-electron chi connectivity index (χ4n) is 3.86. The third-order valence-electron chi connectivity index (χ3n) is 5.86. The summed E-state index contributed by atoms with van der Waals surface area (Å²) in [4.78, 5) is 51.6. The molecule has 0 aliphatic carbocycles. The number of carbonyl (C=O) groups excluding carboxylic acids is 4. The number of nitrogens with one attached hydrogen (secondary N) is 1. The summed E-state index contributed by atoms with van der Waals surface area (Å²) in [6, 6.07) is 17.4. The van der Waals surface area contributed by atoms with Crippen LogP contribution in [0.15, 0.2) is 70.0 Å². The summed E-state index contributed by atoms with van der Waals surface area (Å²) in [5.41, 5.74) is 1.93. The van der Waals surface area contributed by atoms with Gasteiger partial charge >= 0.3 is 5.97 Å². The van der Waals surface area contributed by atoms with Crippen LogP contribution in [0.1, 0.15) is 34.8 Å². The van der Waals surface area contributed by atoms with Crippen molar-refractivity contribution in [1.82, 2.24) is 4.90 Å². The van der Waals surface area contributed by atoms with Crippen LogP contribution < -0.4 is 14.8 Å². The van der Waals surface area contributed by atoms with Gasteiger partial charge in [-0.15, -0.1) is 0 Å². The first-order valence-electron chi connectivity index (χ1n) is 12.8. The van der Waals surface area contributed by atoms with Crippen LogP contribution in [0.4, 0.5) is 10.5 Å². The van der Waals surface area contributed by atoms with E-state index in [2.05, 4.69) is 21.2 Å². The van der Waals surface area contributed by atoms with Crippen LogP contribution in [-0.4, -0.2) is 48.2 Å². The summed E-state index contributed by atoms with van der Waals surface area (Å²) < 4.78 is 17.2. The van der Waals surface area contributed by atoms with Gasteiger partial charge in [-0.1, -0.05) is 48.9 Å². The maximum atomic E-state index is 13.1. The van der Waals surface area contributed by atoms with Crippen LogP contribution in [0.5, 0.6) is 11.5 Å². The highest BCUT2D eigenvalue weighted by Crippen LogP contribution is 2.39. The second-order valence-corrected chi connectivity index (χ2v) is 11.2. The van der Waals surface area contributed by atoms with Gasteiger partial charge in [-0.2, -0.15) is 0 Å². The molecule has 3 amide bonds. The Kier molecular flexibility index (Phi) is 10.7. The lowest BCUT2D eigenvalue weighted by atomic mass is 10.1. The molecule has 0 saturated carbocycles. The number of hydrogen-bond donors (Lipinski definition) is 1. The van der Waals surface area contributed by atoms with Crippen molar-refractivity contribution in [3.8, 4) is 11.5 Å². The zero-order chi connectivity index (χ0) is 30.2. The smallest absolute Gasteiger partial charge is 0.339 e. The normalized spacial score (nSPS) is 13.8. The third-order valence-corrected chi connectivity index (χ3v) is 7.68. The monoisotopic (exact) mass is 672 g/mol. The number of nitrogens with zero attached hydrogens (tertiary/aromatic N) is 1. The van der Waals surface area contributed by atoms with E-state index in [1.54, 1.807) is 18.2 Å².